The molecule has 0 aliphatic rings. The largest absolute Gasteiger partial charge is 0.456 e. The van der Waals surface area contributed by atoms with Crippen molar-refractivity contribution in [2.45, 2.75) is 26.4 Å². The summed E-state index contributed by atoms with van der Waals surface area (Å²) in [5.41, 5.74) is 0.262. The summed E-state index contributed by atoms with van der Waals surface area (Å²) in [7, 11) is 3.64. The molecular formula is C18H20Cl2N2O2. The third-order valence-electron chi connectivity index (χ3n) is 2.69. The number of allylic oxidation sites excluding steroid dienone is 2. The van der Waals surface area contributed by atoms with Crippen molar-refractivity contribution in [3.8, 4) is 6.07 Å². The lowest BCUT2D eigenvalue weighted by Crippen LogP contribution is -2.24. The molecule has 0 amide bonds. The van der Waals surface area contributed by atoms with Crippen LogP contribution in [0.4, 0.5) is 0 Å². The Hall–Kier alpha value is -1.96. The van der Waals surface area contributed by atoms with Gasteiger partial charge in [-0.2, -0.15) is 5.26 Å². The number of esters is 1. The average Bonchev–Trinajstić information content (AvgIpc) is 2.41. The Bertz CT molecular complexity index is 703. The molecule has 0 aliphatic carbocycles. The number of carbonyl (C=O) groups is 1. The van der Waals surface area contributed by atoms with E-state index in [-0.39, 0.29) is 5.57 Å². The van der Waals surface area contributed by atoms with Crippen LogP contribution in [-0.2, 0) is 9.53 Å². The van der Waals surface area contributed by atoms with E-state index >= 15 is 0 Å². The van der Waals surface area contributed by atoms with Crippen molar-refractivity contribution >= 4 is 34.7 Å². The lowest BCUT2D eigenvalue weighted by atomic mass is 10.0. The van der Waals surface area contributed by atoms with Crippen molar-refractivity contribution < 1.29 is 9.53 Å². The summed E-state index contributed by atoms with van der Waals surface area (Å²) >= 11 is 12.5. The smallest absolute Gasteiger partial charge is 0.349 e. The monoisotopic (exact) mass is 366 g/mol. The van der Waals surface area contributed by atoms with Gasteiger partial charge in [0.15, 0.2) is 0 Å². The van der Waals surface area contributed by atoms with E-state index in [1.165, 1.54) is 6.08 Å². The molecule has 0 bridgehead atoms. The van der Waals surface area contributed by atoms with E-state index in [1.807, 2.05) is 20.2 Å². The molecule has 1 aromatic rings. The highest BCUT2D eigenvalue weighted by Gasteiger charge is 2.21. The van der Waals surface area contributed by atoms with Crippen LogP contribution >= 0.6 is 23.2 Å². The maximum Gasteiger partial charge on any atom is 0.349 e. The highest BCUT2D eigenvalue weighted by atomic mass is 35.5. The molecule has 1 aromatic carbocycles. The van der Waals surface area contributed by atoms with Crippen LogP contribution in [0.2, 0.25) is 10.0 Å². The highest BCUT2D eigenvalue weighted by molar-refractivity contribution is 6.37. The molecule has 0 heterocycles. The van der Waals surface area contributed by atoms with Crippen molar-refractivity contribution in [3.63, 3.8) is 0 Å². The summed E-state index contributed by atoms with van der Waals surface area (Å²) < 4.78 is 5.26. The van der Waals surface area contributed by atoms with Gasteiger partial charge in [0.25, 0.3) is 0 Å². The topological polar surface area (TPSA) is 53.3 Å². The van der Waals surface area contributed by atoms with Crippen LogP contribution in [0.3, 0.4) is 0 Å². The molecule has 0 spiro atoms. The second-order valence-electron chi connectivity index (χ2n) is 6.32. The summed E-state index contributed by atoms with van der Waals surface area (Å²) in [6.07, 6.45) is 3.16. The normalized spacial score (nSPS) is 12.6. The maximum atomic E-state index is 12.2. The minimum Gasteiger partial charge on any atom is -0.456 e. The molecule has 24 heavy (non-hydrogen) atoms. The zero-order chi connectivity index (χ0) is 18.5. The molecule has 1 rings (SSSR count). The number of rotatable bonds is 4. The first-order valence-corrected chi connectivity index (χ1v) is 7.98. The number of nitriles is 1. The lowest BCUT2D eigenvalue weighted by Gasteiger charge is -2.19. The van der Waals surface area contributed by atoms with Crippen LogP contribution in [0.25, 0.3) is 5.57 Å². The van der Waals surface area contributed by atoms with Gasteiger partial charge in [0.05, 0.1) is 0 Å². The van der Waals surface area contributed by atoms with Gasteiger partial charge >= 0.3 is 5.97 Å². The third kappa shape index (κ3) is 5.92. The van der Waals surface area contributed by atoms with E-state index in [0.717, 1.165) is 0 Å². The van der Waals surface area contributed by atoms with Gasteiger partial charge in [0.1, 0.15) is 17.2 Å². The van der Waals surface area contributed by atoms with E-state index in [4.69, 9.17) is 27.9 Å². The van der Waals surface area contributed by atoms with Crippen LogP contribution in [0.1, 0.15) is 26.3 Å². The zero-order valence-electron chi connectivity index (χ0n) is 14.4. The van der Waals surface area contributed by atoms with Crippen LogP contribution in [0, 0.1) is 11.3 Å². The van der Waals surface area contributed by atoms with Crippen LogP contribution in [0.15, 0.2) is 36.0 Å². The first-order valence-electron chi connectivity index (χ1n) is 7.23. The van der Waals surface area contributed by atoms with Crippen LogP contribution in [-0.4, -0.2) is 30.6 Å². The summed E-state index contributed by atoms with van der Waals surface area (Å²) in [4.78, 5) is 14.0. The Morgan fingerprint density at radius 2 is 1.79 bits per heavy atom. The van der Waals surface area contributed by atoms with Crippen molar-refractivity contribution in [1.82, 2.24) is 4.90 Å². The molecule has 0 aliphatic heterocycles. The molecule has 128 valence electrons. The van der Waals surface area contributed by atoms with E-state index in [9.17, 15) is 10.1 Å². The maximum absolute atomic E-state index is 12.2. The number of nitrogens with zero attached hydrogens (tertiary/aromatic N) is 2. The molecule has 0 saturated heterocycles. The fourth-order valence-electron chi connectivity index (χ4n) is 1.85. The van der Waals surface area contributed by atoms with Gasteiger partial charge in [-0.25, -0.2) is 4.79 Å². The molecule has 0 N–H and O–H groups in total. The zero-order valence-corrected chi connectivity index (χ0v) is 15.9. The molecule has 0 radical (unpaired) electrons. The van der Waals surface area contributed by atoms with Crippen molar-refractivity contribution in [2.75, 3.05) is 14.1 Å². The Labute approximate surface area is 152 Å². The van der Waals surface area contributed by atoms with Gasteiger partial charge in [-0.1, -0.05) is 29.3 Å². The SMILES string of the molecule is CN(C)/C=C(\C=C(\C#N)C(=O)OC(C)(C)C)c1c(Cl)cccc1Cl. The second kappa shape index (κ2) is 8.23. The van der Waals surface area contributed by atoms with Crippen LogP contribution < -0.4 is 0 Å². The van der Waals surface area contributed by atoms with E-state index in [0.29, 0.717) is 21.2 Å². The minimum atomic E-state index is -0.696. The van der Waals surface area contributed by atoms with Crippen molar-refractivity contribution in [1.29, 1.82) is 5.26 Å². The number of ether oxygens (including phenoxy) is 1. The quantitative estimate of drug-likeness (QED) is 0.335. The Kier molecular flexibility index (Phi) is 6.89. The van der Waals surface area contributed by atoms with E-state index in [1.54, 1.807) is 50.1 Å². The second-order valence-corrected chi connectivity index (χ2v) is 7.13. The molecule has 4 nitrogen and oxygen atoms in total. The van der Waals surface area contributed by atoms with Crippen molar-refractivity contribution in [3.05, 3.63) is 51.7 Å². The summed E-state index contributed by atoms with van der Waals surface area (Å²) in [6.45, 7) is 5.21. The summed E-state index contributed by atoms with van der Waals surface area (Å²) in [5.74, 6) is -0.696. The number of hydrogen-bond donors (Lipinski definition) is 0. The molecule has 0 atom stereocenters. The van der Waals surface area contributed by atoms with Gasteiger partial charge in [-0.15, -0.1) is 0 Å². The first-order chi connectivity index (χ1) is 11.0. The fraction of sp³-hybridized carbons (Fsp3) is 0.333. The molecule has 0 saturated carbocycles. The van der Waals surface area contributed by atoms with Gasteiger partial charge in [-0.05, 0) is 39.0 Å². The summed E-state index contributed by atoms with van der Waals surface area (Å²) in [5, 5.41) is 10.2. The fourth-order valence-corrected chi connectivity index (χ4v) is 2.47. The lowest BCUT2D eigenvalue weighted by molar-refractivity contribution is -0.149. The predicted molar refractivity (Wildman–Crippen MR) is 97.7 cm³/mol. The number of halogens is 2. The van der Waals surface area contributed by atoms with Gasteiger partial charge < -0.3 is 9.64 Å². The van der Waals surface area contributed by atoms with Crippen molar-refractivity contribution in [2.24, 2.45) is 0 Å². The number of carbonyl (C=O) groups excluding carboxylic acids is 1. The molecular weight excluding hydrogens is 347 g/mol. The van der Waals surface area contributed by atoms with Gasteiger partial charge in [0, 0.05) is 41.5 Å². The van der Waals surface area contributed by atoms with E-state index < -0.39 is 11.6 Å². The molecule has 0 unspecified atom stereocenters. The molecule has 6 heteroatoms. The minimum absolute atomic E-state index is 0.131. The average molecular weight is 367 g/mol. The van der Waals surface area contributed by atoms with Crippen LogP contribution in [0.5, 0.6) is 0 Å². The third-order valence-corrected chi connectivity index (χ3v) is 3.32. The molecule has 0 aromatic heterocycles. The number of benzene rings is 1. The standard InChI is InChI=1S/C18H20Cl2N2O2/c1-18(2,3)24-17(23)12(10-21)9-13(11-22(4)5)16-14(19)7-6-8-15(16)20/h6-9,11H,1-5H3/b12-9-,13-11+. The Balaban J connectivity index is 3.42. The highest BCUT2D eigenvalue weighted by Crippen LogP contribution is 2.32. The Morgan fingerprint density at radius 3 is 2.21 bits per heavy atom. The van der Waals surface area contributed by atoms with Gasteiger partial charge in [0.2, 0.25) is 0 Å². The first kappa shape index (κ1) is 20.1. The number of hydrogen-bond acceptors (Lipinski definition) is 4. The summed E-state index contributed by atoms with van der Waals surface area (Å²) in [6, 6.07) is 6.99. The molecule has 0 fully saturated rings. The van der Waals surface area contributed by atoms with Gasteiger partial charge in [-0.3, -0.25) is 0 Å². The van der Waals surface area contributed by atoms with E-state index in [2.05, 4.69) is 0 Å². The Morgan fingerprint density at radius 1 is 1.25 bits per heavy atom. The predicted octanol–water partition coefficient (Wildman–Crippen LogP) is 4.69.